The molecule has 0 aromatic heterocycles. The Hall–Kier alpha value is 0.310. The van der Waals surface area contributed by atoms with Crippen LogP contribution in [0.2, 0.25) is 0 Å². The summed E-state index contributed by atoms with van der Waals surface area (Å²) in [4.78, 5) is 0. The lowest BCUT2D eigenvalue weighted by Crippen LogP contribution is -2.14. The van der Waals surface area contributed by atoms with E-state index in [0.717, 1.165) is 5.25 Å². The van der Waals surface area contributed by atoms with Gasteiger partial charge >= 0.3 is 0 Å². The number of hydrogen-bond donors (Lipinski definition) is 1. The average molecular weight is 145 g/mol. The summed E-state index contributed by atoms with van der Waals surface area (Å²) in [6.07, 6.45) is 6.36. The van der Waals surface area contributed by atoms with Crippen molar-refractivity contribution in [3.05, 3.63) is 0 Å². The molecule has 0 spiro atoms. The Morgan fingerprint density at radius 1 is 1.33 bits per heavy atom. The van der Waals surface area contributed by atoms with Crippen molar-refractivity contribution in [3.8, 4) is 0 Å². The van der Waals surface area contributed by atoms with Gasteiger partial charge in [0, 0.05) is 5.25 Å². The van der Waals surface area contributed by atoms with Crippen LogP contribution in [0.3, 0.4) is 0 Å². The lowest BCUT2D eigenvalue weighted by molar-refractivity contribution is 0.703. The van der Waals surface area contributed by atoms with Crippen molar-refractivity contribution < 1.29 is 0 Å². The lowest BCUT2D eigenvalue weighted by atomic mass is 10.2. The second-order valence-electron chi connectivity index (χ2n) is 2.54. The van der Waals surface area contributed by atoms with E-state index in [4.69, 9.17) is 0 Å². The highest BCUT2D eigenvalue weighted by atomic mass is 32.2. The first kappa shape index (κ1) is 7.42. The van der Waals surface area contributed by atoms with E-state index in [2.05, 4.69) is 11.6 Å². The first-order valence-corrected chi connectivity index (χ1v) is 4.96. The molecular formula is C7H15NS. The van der Waals surface area contributed by atoms with Crippen LogP contribution in [0.25, 0.3) is 0 Å². The van der Waals surface area contributed by atoms with Crippen LogP contribution in [0.1, 0.15) is 19.3 Å². The molecular weight excluding hydrogens is 130 g/mol. The van der Waals surface area contributed by atoms with Gasteiger partial charge in [0.1, 0.15) is 0 Å². The summed E-state index contributed by atoms with van der Waals surface area (Å²) >= 11 is 2.02. The number of rotatable bonds is 1. The van der Waals surface area contributed by atoms with Crippen molar-refractivity contribution in [1.82, 2.24) is 5.32 Å². The van der Waals surface area contributed by atoms with Crippen molar-refractivity contribution in [2.45, 2.75) is 24.5 Å². The SMILES string of the molecule is CS[C@H]1CCCNCC1. The first-order chi connectivity index (χ1) is 4.43. The fraction of sp³-hybridized carbons (Fsp3) is 1.00. The van der Waals surface area contributed by atoms with Gasteiger partial charge < -0.3 is 5.32 Å². The largest absolute Gasteiger partial charge is 0.317 e. The molecule has 0 aromatic carbocycles. The smallest absolute Gasteiger partial charge is 0.00568 e. The van der Waals surface area contributed by atoms with Gasteiger partial charge in [-0.05, 0) is 38.6 Å². The minimum Gasteiger partial charge on any atom is -0.317 e. The topological polar surface area (TPSA) is 12.0 Å². The predicted octanol–water partition coefficient (Wildman–Crippen LogP) is 1.49. The van der Waals surface area contributed by atoms with Gasteiger partial charge in [-0.25, -0.2) is 0 Å². The second-order valence-corrected chi connectivity index (χ2v) is 3.68. The molecule has 54 valence electrons. The molecule has 0 aromatic rings. The van der Waals surface area contributed by atoms with Crippen LogP contribution in [0, 0.1) is 0 Å². The monoisotopic (exact) mass is 145 g/mol. The fourth-order valence-electron chi connectivity index (χ4n) is 1.22. The summed E-state index contributed by atoms with van der Waals surface area (Å²) in [6.45, 7) is 2.46. The molecule has 9 heavy (non-hydrogen) atoms. The summed E-state index contributed by atoms with van der Waals surface area (Å²) in [5, 5.41) is 4.33. The standard InChI is InChI=1S/C7H15NS/c1-9-7-3-2-5-8-6-4-7/h7-8H,2-6H2,1H3/t7-/m0/s1. The Kier molecular flexibility index (Phi) is 3.44. The third kappa shape index (κ3) is 2.59. The Labute approximate surface area is 61.6 Å². The van der Waals surface area contributed by atoms with Gasteiger partial charge in [-0.3, -0.25) is 0 Å². The van der Waals surface area contributed by atoms with Gasteiger partial charge in [0.25, 0.3) is 0 Å². The molecule has 1 fully saturated rings. The van der Waals surface area contributed by atoms with E-state index in [1.807, 2.05) is 11.8 Å². The summed E-state index contributed by atoms with van der Waals surface area (Å²) in [5.74, 6) is 0. The zero-order chi connectivity index (χ0) is 6.53. The van der Waals surface area contributed by atoms with Crippen molar-refractivity contribution >= 4 is 11.8 Å². The molecule has 1 rings (SSSR count). The maximum atomic E-state index is 3.40. The van der Waals surface area contributed by atoms with Crippen LogP contribution in [0.5, 0.6) is 0 Å². The number of thioether (sulfide) groups is 1. The van der Waals surface area contributed by atoms with E-state index in [1.54, 1.807) is 0 Å². The maximum Gasteiger partial charge on any atom is 0.00568 e. The van der Waals surface area contributed by atoms with Gasteiger partial charge in [-0.2, -0.15) is 11.8 Å². The molecule has 0 aliphatic carbocycles. The summed E-state index contributed by atoms with van der Waals surface area (Å²) in [7, 11) is 0. The van der Waals surface area contributed by atoms with E-state index in [9.17, 15) is 0 Å². The molecule has 1 aliphatic rings. The van der Waals surface area contributed by atoms with Crippen molar-refractivity contribution in [2.75, 3.05) is 19.3 Å². The summed E-state index contributed by atoms with van der Waals surface area (Å²) in [5.41, 5.74) is 0. The Balaban J connectivity index is 2.18. The van der Waals surface area contributed by atoms with Crippen molar-refractivity contribution in [3.63, 3.8) is 0 Å². The van der Waals surface area contributed by atoms with E-state index >= 15 is 0 Å². The van der Waals surface area contributed by atoms with Crippen LogP contribution in [0.4, 0.5) is 0 Å². The van der Waals surface area contributed by atoms with Gasteiger partial charge in [0.05, 0.1) is 0 Å². The van der Waals surface area contributed by atoms with Crippen LogP contribution in [-0.4, -0.2) is 24.6 Å². The zero-order valence-electron chi connectivity index (χ0n) is 6.02. The van der Waals surface area contributed by atoms with Crippen molar-refractivity contribution in [2.24, 2.45) is 0 Å². The first-order valence-electron chi connectivity index (χ1n) is 3.67. The van der Waals surface area contributed by atoms with Gasteiger partial charge in [-0.15, -0.1) is 0 Å². The van der Waals surface area contributed by atoms with E-state index in [-0.39, 0.29) is 0 Å². The molecule has 0 amide bonds. The minimum absolute atomic E-state index is 0.931. The maximum absolute atomic E-state index is 3.40. The third-order valence-electron chi connectivity index (χ3n) is 1.86. The Bertz CT molecular complexity index is 67.3. The molecule has 1 atom stereocenters. The molecule has 1 N–H and O–H groups in total. The van der Waals surface area contributed by atoms with Crippen LogP contribution in [-0.2, 0) is 0 Å². The molecule has 2 heteroatoms. The zero-order valence-corrected chi connectivity index (χ0v) is 6.84. The predicted molar refractivity (Wildman–Crippen MR) is 44.0 cm³/mol. The normalized spacial score (nSPS) is 29.7. The third-order valence-corrected chi connectivity index (χ3v) is 2.99. The molecule has 1 nitrogen and oxygen atoms in total. The van der Waals surface area contributed by atoms with Gasteiger partial charge in [0.15, 0.2) is 0 Å². The highest BCUT2D eigenvalue weighted by Crippen LogP contribution is 2.17. The number of nitrogens with one attached hydrogen (secondary N) is 1. The second kappa shape index (κ2) is 4.18. The highest BCUT2D eigenvalue weighted by molar-refractivity contribution is 7.99. The fourth-order valence-corrected chi connectivity index (χ4v) is 1.98. The molecule has 1 aliphatic heterocycles. The van der Waals surface area contributed by atoms with E-state index < -0.39 is 0 Å². The molecule has 0 unspecified atom stereocenters. The lowest BCUT2D eigenvalue weighted by Gasteiger charge is -2.07. The van der Waals surface area contributed by atoms with Gasteiger partial charge in [0.2, 0.25) is 0 Å². The summed E-state index contributed by atoms with van der Waals surface area (Å²) < 4.78 is 0. The summed E-state index contributed by atoms with van der Waals surface area (Å²) in [6, 6.07) is 0. The van der Waals surface area contributed by atoms with Crippen molar-refractivity contribution in [1.29, 1.82) is 0 Å². The molecule has 0 saturated carbocycles. The molecule has 0 bridgehead atoms. The van der Waals surface area contributed by atoms with Crippen LogP contribution in [0.15, 0.2) is 0 Å². The average Bonchev–Trinajstić information content (AvgIpc) is 2.13. The molecule has 1 heterocycles. The minimum atomic E-state index is 0.931. The van der Waals surface area contributed by atoms with Crippen LogP contribution >= 0.6 is 11.8 Å². The highest BCUT2D eigenvalue weighted by Gasteiger charge is 2.08. The number of hydrogen-bond acceptors (Lipinski definition) is 2. The Morgan fingerprint density at radius 2 is 2.22 bits per heavy atom. The van der Waals surface area contributed by atoms with E-state index in [1.165, 1.54) is 32.4 Å². The Morgan fingerprint density at radius 3 is 3.00 bits per heavy atom. The quantitative estimate of drug-likeness (QED) is 0.600. The molecule has 1 saturated heterocycles. The van der Waals surface area contributed by atoms with Crippen LogP contribution < -0.4 is 5.32 Å². The van der Waals surface area contributed by atoms with E-state index in [0.29, 0.717) is 0 Å². The molecule has 0 radical (unpaired) electrons. The van der Waals surface area contributed by atoms with Gasteiger partial charge in [-0.1, -0.05) is 0 Å².